The van der Waals surface area contributed by atoms with Crippen molar-refractivity contribution in [1.29, 1.82) is 0 Å². The van der Waals surface area contributed by atoms with Gasteiger partial charge >= 0.3 is 5.97 Å². The number of para-hydroxylation sites is 1. The van der Waals surface area contributed by atoms with Crippen molar-refractivity contribution in [3.63, 3.8) is 0 Å². The predicted octanol–water partition coefficient (Wildman–Crippen LogP) is 2.31. The molecular weight excluding hydrogens is 364 g/mol. The van der Waals surface area contributed by atoms with Gasteiger partial charge in [-0.25, -0.2) is 9.78 Å². The molecule has 0 amide bonds. The molecule has 0 unspecified atom stereocenters. The number of ether oxygens (including phenoxy) is 1. The third kappa shape index (κ3) is 3.41. The van der Waals surface area contributed by atoms with Crippen LogP contribution in [0.15, 0.2) is 30.6 Å². The van der Waals surface area contributed by atoms with Crippen LogP contribution in [-0.2, 0) is 11.9 Å². The molecule has 11 heteroatoms. The average Bonchev–Trinajstić information content (AvgIpc) is 3.07. The summed E-state index contributed by atoms with van der Waals surface area (Å²) in [5.74, 6) is -0.179. The predicted molar refractivity (Wildman–Crippen MR) is 91.4 cm³/mol. The second kappa shape index (κ2) is 7.33. The molecule has 2 aromatic heterocycles. The van der Waals surface area contributed by atoms with E-state index < -0.39 is 5.97 Å². The van der Waals surface area contributed by atoms with Crippen molar-refractivity contribution < 1.29 is 19.7 Å². The van der Waals surface area contributed by atoms with Crippen molar-refractivity contribution in [2.75, 3.05) is 12.4 Å². The summed E-state index contributed by atoms with van der Waals surface area (Å²) in [5, 5.41) is 23.1. The van der Waals surface area contributed by atoms with Gasteiger partial charge in [0.05, 0.1) is 24.0 Å². The van der Waals surface area contributed by atoms with Gasteiger partial charge in [-0.3, -0.25) is 9.57 Å². The van der Waals surface area contributed by atoms with Gasteiger partial charge in [0, 0.05) is 13.1 Å². The number of hydrogen-bond donors (Lipinski definition) is 2. The average molecular weight is 377 g/mol. The number of rotatable bonds is 5. The smallest absolute Gasteiger partial charge is 0.395 e. The summed E-state index contributed by atoms with van der Waals surface area (Å²) in [6.07, 6.45) is 1.57. The quantitative estimate of drug-likeness (QED) is 0.509. The highest BCUT2D eigenvalue weighted by atomic mass is 35.5. The van der Waals surface area contributed by atoms with Crippen LogP contribution in [0.4, 0.5) is 11.4 Å². The first-order valence-electron chi connectivity index (χ1n) is 7.22. The maximum absolute atomic E-state index is 11.7. The standard InChI is InChI=1S/C15H13ClN6O4/c1-22-7-17-14(21-22)8-4-3-5-9(13(8)25-2)18-10-6-11(16)19-20-12(10)15(23)26-24/h3-7,24H,1-2H3,(H,18,19). The molecule has 0 bridgehead atoms. The van der Waals surface area contributed by atoms with Crippen molar-refractivity contribution in [3.05, 3.63) is 41.4 Å². The van der Waals surface area contributed by atoms with E-state index in [4.69, 9.17) is 21.6 Å². The Balaban J connectivity index is 2.06. The fourth-order valence-electron chi connectivity index (χ4n) is 2.30. The molecule has 0 spiro atoms. The van der Waals surface area contributed by atoms with Gasteiger partial charge in [0.25, 0.3) is 0 Å². The van der Waals surface area contributed by atoms with Crippen LogP contribution in [-0.4, -0.2) is 43.3 Å². The molecular formula is C15H13ClN6O4. The second-order valence-corrected chi connectivity index (χ2v) is 5.45. The van der Waals surface area contributed by atoms with Gasteiger partial charge in [-0.1, -0.05) is 17.7 Å². The number of halogens is 1. The molecule has 0 aliphatic heterocycles. The molecule has 26 heavy (non-hydrogen) atoms. The molecule has 0 fully saturated rings. The highest BCUT2D eigenvalue weighted by Gasteiger charge is 2.20. The van der Waals surface area contributed by atoms with Crippen LogP contribution in [0.25, 0.3) is 11.4 Å². The Morgan fingerprint density at radius 3 is 2.77 bits per heavy atom. The fraction of sp³-hybridized carbons (Fsp3) is 0.133. The lowest BCUT2D eigenvalue weighted by atomic mass is 10.1. The van der Waals surface area contributed by atoms with E-state index >= 15 is 0 Å². The number of anilines is 2. The van der Waals surface area contributed by atoms with E-state index in [1.54, 1.807) is 36.3 Å². The molecule has 134 valence electrons. The van der Waals surface area contributed by atoms with E-state index in [-0.39, 0.29) is 16.5 Å². The number of aryl methyl sites for hydroxylation is 1. The SMILES string of the molecule is COc1c(Nc2cc(Cl)nnc2C(=O)OO)cccc1-c1ncn(C)n1. The van der Waals surface area contributed by atoms with Crippen LogP contribution < -0.4 is 10.1 Å². The Bertz CT molecular complexity index is 961. The highest BCUT2D eigenvalue weighted by Crippen LogP contribution is 2.37. The summed E-state index contributed by atoms with van der Waals surface area (Å²) >= 11 is 5.85. The van der Waals surface area contributed by atoms with Gasteiger partial charge < -0.3 is 10.1 Å². The number of nitrogens with one attached hydrogen (secondary N) is 1. The van der Waals surface area contributed by atoms with Gasteiger partial charge in [-0.2, -0.15) is 10.4 Å². The van der Waals surface area contributed by atoms with Crippen molar-refractivity contribution in [2.45, 2.75) is 0 Å². The van der Waals surface area contributed by atoms with Crippen LogP contribution in [0.5, 0.6) is 5.75 Å². The summed E-state index contributed by atoms with van der Waals surface area (Å²) in [6.45, 7) is 0. The van der Waals surface area contributed by atoms with Crippen molar-refractivity contribution in [3.8, 4) is 17.1 Å². The van der Waals surface area contributed by atoms with Gasteiger partial charge in [0.15, 0.2) is 22.4 Å². The maximum atomic E-state index is 11.7. The zero-order chi connectivity index (χ0) is 18.7. The fourth-order valence-corrected chi connectivity index (χ4v) is 2.44. The Hall–Kier alpha value is -3.24. The first-order chi connectivity index (χ1) is 12.5. The summed E-state index contributed by atoms with van der Waals surface area (Å²) in [6, 6.07) is 6.64. The molecule has 1 aromatic carbocycles. The molecule has 0 radical (unpaired) electrons. The van der Waals surface area contributed by atoms with E-state index in [0.29, 0.717) is 22.8 Å². The molecule has 10 nitrogen and oxygen atoms in total. The molecule has 0 saturated carbocycles. The molecule has 2 heterocycles. The normalized spacial score (nSPS) is 10.5. The minimum Gasteiger partial charge on any atom is -0.494 e. The van der Waals surface area contributed by atoms with Crippen LogP contribution >= 0.6 is 11.6 Å². The number of carbonyl (C=O) groups is 1. The van der Waals surface area contributed by atoms with E-state index in [2.05, 4.69) is 30.5 Å². The number of hydrogen-bond acceptors (Lipinski definition) is 9. The third-order valence-corrected chi connectivity index (χ3v) is 3.55. The third-order valence-electron chi connectivity index (χ3n) is 3.37. The molecule has 0 saturated heterocycles. The van der Waals surface area contributed by atoms with Gasteiger partial charge in [0.2, 0.25) is 0 Å². The zero-order valence-electron chi connectivity index (χ0n) is 13.7. The maximum Gasteiger partial charge on any atom is 0.395 e. The molecule has 0 aliphatic rings. The number of benzene rings is 1. The van der Waals surface area contributed by atoms with Crippen molar-refractivity contribution in [1.82, 2.24) is 25.0 Å². The highest BCUT2D eigenvalue weighted by molar-refractivity contribution is 6.29. The minimum absolute atomic E-state index is 0.0449. The molecule has 0 atom stereocenters. The largest absolute Gasteiger partial charge is 0.494 e. The first kappa shape index (κ1) is 17.6. The van der Waals surface area contributed by atoms with Crippen LogP contribution in [0.3, 0.4) is 0 Å². The number of methoxy groups -OCH3 is 1. The van der Waals surface area contributed by atoms with Gasteiger partial charge in [-0.05, 0) is 12.1 Å². The zero-order valence-corrected chi connectivity index (χ0v) is 14.4. The number of aromatic nitrogens is 5. The van der Waals surface area contributed by atoms with E-state index in [9.17, 15) is 4.79 Å². The Morgan fingerprint density at radius 1 is 1.31 bits per heavy atom. The van der Waals surface area contributed by atoms with Crippen LogP contribution in [0.2, 0.25) is 5.15 Å². The number of carbonyl (C=O) groups excluding carboxylic acids is 1. The molecule has 3 aromatic rings. The summed E-state index contributed by atoms with van der Waals surface area (Å²) in [7, 11) is 3.25. The molecule has 3 rings (SSSR count). The van der Waals surface area contributed by atoms with E-state index in [0.717, 1.165) is 0 Å². The lowest BCUT2D eigenvalue weighted by molar-refractivity contribution is -0.183. The molecule has 2 N–H and O–H groups in total. The van der Waals surface area contributed by atoms with Crippen molar-refractivity contribution >= 4 is 28.9 Å². The van der Waals surface area contributed by atoms with E-state index in [1.165, 1.54) is 13.2 Å². The summed E-state index contributed by atoms with van der Waals surface area (Å²) in [5.41, 5.74) is 1.06. The Kier molecular flexibility index (Phi) is 4.96. The Labute approximate surface area is 152 Å². The lowest BCUT2D eigenvalue weighted by Gasteiger charge is -2.14. The first-order valence-corrected chi connectivity index (χ1v) is 7.60. The molecule has 0 aliphatic carbocycles. The van der Waals surface area contributed by atoms with Gasteiger partial charge in [-0.15, -0.1) is 10.2 Å². The second-order valence-electron chi connectivity index (χ2n) is 5.06. The van der Waals surface area contributed by atoms with Crippen LogP contribution in [0.1, 0.15) is 10.5 Å². The van der Waals surface area contributed by atoms with E-state index in [1.807, 2.05) is 0 Å². The van der Waals surface area contributed by atoms with Crippen LogP contribution in [0, 0.1) is 0 Å². The topological polar surface area (TPSA) is 124 Å². The summed E-state index contributed by atoms with van der Waals surface area (Å²) < 4.78 is 7.05. The lowest BCUT2D eigenvalue weighted by Crippen LogP contribution is -2.10. The minimum atomic E-state index is -1.09. The summed E-state index contributed by atoms with van der Waals surface area (Å²) in [4.78, 5) is 19.6. The van der Waals surface area contributed by atoms with Gasteiger partial charge in [0.1, 0.15) is 6.33 Å². The monoisotopic (exact) mass is 376 g/mol. The van der Waals surface area contributed by atoms with Crippen molar-refractivity contribution in [2.24, 2.45) is 7.05 Å². The Morgan fingerprint density at radius 2 is 2.12 bits per heavy atom. The number of nitrogens with zero attached hydrogens (tertiary/aromatic N) is 5.